The van der Waals surface area contributed by atoms with Gasteiger partial charge in [0.05, 0.1) is 0 Å². The summed E-state index contributed by atoms with van der Waals surface area (Å²) >= 11 is 1.66. The molecule has 0 aliphatic carbocycles. The van der Waals surface area contributed by atoms with Crippen LogP contribution in [0.15, 0.2) is 11.4 Å². The Balaban J connectivity index is 2.24. The van der Waals surface area contributed by atoms with Crippen molar-refractivity contribution in [2.75, 3.05) is 25.5 Å². The minimum atomic E-state index is -0.170. The van der Waals surface area contributed by atoms with Gasteiger partial charge in [-0.25, -0.2) is 0 Å². The normalized spacial score (nSPS) is 11.2. The molecular weight excluding hydrogens is 224 g/mol. The van der Waals surface area contributed by atoms with E-state index in [0.717, 1.165) is 17.1 Å². The van der Waals surface area contributed by atoms with E-state index >= 15 is 0 Å². The first-order chi connectivity index (χ1) is 7.77. The highest BCUT2D eigenvalue weighted by Gasteiger charge is 2.07. The van der Waals surface area contributed by atoms with Crippen LogP contribution in [0.3, 0.4) is 0 Å². The fourth-order valence-corrected chi connectivity index (χ4v) is 2.10. The number of hydrogen-bond donors (Lipinski definition) is 2. The van der Waals surface area contributed by atoms with Gasteiger partial charge < -0.3 is 20.5 Å². The summed E-state index contributed by atoms with van der Waals surface area (Å²) in [6.07, 6.45) is -0.170. The van der Waals surface area contributed by atoms with Crippen molar-refractivity contribution >= 4 is 17.0 Å². The van der Waals surface area contributed by atoms with Gasteiger partial charge in [-0.05, 0) is 25.3 Å². The smallest absolute Gasteiger partial charge is 0.169 e. The molecule has 0 amide bonds. The molecule has 1 heterocycles. The van der Waals surface area contributed by atoms with Gasteiger partial charge in [0.1, 0.15) is 0 Å². The molecule has 1 aromatic heterocycles. The van der Waals surface area contributed by atoms with E-state index in [1.165, 1.54) is 0 Å². The van der Waals surface area contributed by atoms with E-state index < -0.39 is 0 Å². The second kappa shape index (κ2) is 7.62. The third-order valence-corrected chi connectivity index (χ3v) is 3.02. The van der Waals surface area contributed by atoms with E-state index in [1.807, 2.05) is 25.3 Å². The molecule has 0 aliphatic heterocycles. The zero-order valence-electron chi connectivity index (χ0n) is 9.86. The zero-order chi connectivity index (χ0) is 11.8. The maximum atomic E-state index is 5.78. The van der Waals surface area contributed by atoms with E-state index in [0.29, 0.717) is 19.8 Å². The number of ether oxygens (including phenoxy) is 2. The lowest BCUT2D eigenvalue weighted by atomic mass is 10.4. The maximum absolute atomic E-state index is 5.78. The van der Waals surface area contributed by atoms with Gasteiger partial charge in [0, 0.05) is 36.9 Å². The standard InChI is InChI=1S/C11H20N2O2S/c1-3-14-11(15-4-2)8-13-7-10-9(12)5-6-16-10/h5-6,11,13H,3-4,7-8,12H2,1-2H3. The molecule has 16 heavy (non-hydrogen) atoms. The van der Waals surface area contributed by atoms with Crippen LogP contribution in [-0.2, 0) is 16.0 Å². The average Bonchev–Trinajstić information content (AvgIpc) is 2.65. The molecule has 0 radical (unpaired) electrons. The Morgan fingerprint density at radius 2 is 2.06 bits per heavy atom. The number of nitrogens with one attached hydrogen (secondary N) is 1. The van der Waals surface area contributed by atoms with Crippen molar-refractivity contribution < 1.29 is 9.47 Å². The van der Waals surface area contributed by atoms with Gasteiger partial charge in [-0.2, -0.15) is 0 Å². The molecule has 0 fully saturated rings. The SMILES string of the molecule is CCOC(CNCc1sccc1N)OCC. The summed E-state index contributed by atoms with van der Waals surface area (Å²) in [5.74, 6) is 0. The highest BCUT2D eigenvalue weighted by Crippen LogP contribution is 2.17. The number of thiophene rings is 1. The Morgan fingerprint density at radius 1 is 1.38 bits per heavy atom. The summed E-state index contributed by atoms with van der Waals surface area (Å²) in [6.45, 7) is 6.69. The lowest BCUT2D eigenvalue weighted by Gasteiger charge is -2.17. The van der Waals surface area contributed by atoms with Crippen LogP contribution in [0.4, 0.5) is 5.69 Å². The highest BCUT2D eigenvalue weighted by atomic mass is 32.1. The lowest BCUT2D eigenvalue weighted by Crippen LogP contribution is -2.31. The molecule has 5 heteroatoms. The molecule has 3 N–H and O–H groups in total. The van der Waals surface area contributed by atoms with Crippen molar-refractivity contribution in [1.82, 2.24) is 5.32 Å². The van der Waals surface area contributed by atoms with E-state index in [-0.39, 0.29) is 6.29 Å². The molecule has 92 valence electrons. The summed E-state index contributed by atoms with van der Waals surface area (Å²) in [7, 11) is 0. The minimum absolute atomic E-state index is 0.170. The van der Waals surface area contributed by atoms with Crippen molar-refractivity contribution in [2.24, 2.45) is 0 Å². The fourth-order valence-electron chi connectivity index (χ4n) is 1.34. The third kappa shape index (κ3) is 4.49. The van der Waals surface area contributed by atoms with Crippen molar-refractivity contribution in [3.63, 3.8) is 0 Å². The molecule has 0 bridgehead atoms. The number of nitrogens with two attached hydrogens (primary N) is 1. The Hall–Kier alpha value is -0.620. The summed E-state index contributed by atoms with van der Waals surface area (Å²) in [4.78, 5) is 1.16. The van der Waals surface area contributed by atoms with Gasteiger partial charge >= 0.3 is 0 Å². The van der Waals surface area contributed by atoms with Crippen LogP contribution in [-0.4, -0.2) is 26.0 Å². The summed E-state index contributed by atoms with van der Waals surface area (Å²) in [5, 5.41) is 5.27. The second-order valence-corrected chi connectivity index (χ2v) is 4.27. The van der Waals surface area contributed by atoms with E-state index in [2.05, 4.69) is 5.32 Å². The van der Waals surface area contributed by atoms with Gasteiger partial charge in [0.25, 0.3) is 0 Å². The predicted octanol–water partition coefficient (Wildman–Crippen LogP) is 1.82. The average molecular weight is 244 g/mol. The van der Waals surface area contributed by atoms with Crippen molar-refractivity contribution in [1.29, 1.82) is 0 Å². The molecule has 0 saturated heterocycles. The van der Waals surface area contributed by atoms with E-state index in [9.17, 15) is 0 Å². The summed E-state index contributed by atoms with van der Waals surface area (Å²) < 4.78 is 10.8. The topological polar surface area (TPSA) is 56.5 Å². The Bertz CT molecular complexity index is 285. The first-order valence-electron chi connectivity index (χ1n) is 5.53. The molecule has 0 aromatic carbocycles. The van der Waals surface area contributed by atoms with Gasteiger partial charge in [0.2, 0.25) is 0 Å². The molecule has 0 spiro atoms. The van der Waals surface area contributed by atoms with Crippen LogP contribution >= 0.6 is 11.3 Å². The zero-order valence-corrected chi connectivity index (χ0v) is 10.7. The highest BCUT2D eigenvalue weighted by molar-refractivity contribution is 7.10. The van der Waals surface area contributed by atoms with Gasteiger partial charge in [-0.1, -0.05) is 0 Å². The van der Waals surface area contributed by atoms with E-state index in [1.54, 1.807) is 11.3 Å². The van der Waals surface area contributed by atoms with Gasteiger partial charge in [-0.15, -0.1) is 11.3 Å². The Labute approximate surface area is 101 Å². The first kappa shape index (κ1) is 13.4. The van der Waals surface area contributed by atoms with Crippen LogP contribution in [0, 0.1) is 0 Å². The van der Waals surface area contributed by atoms with Gasteiger partial charge in [-0.3, -0.25) is 0 Å². The van der Waals surface area contributed by atoms with E-state index in [4.69, 9.17) is 15.2 Å². The van der Waals surface area contributed by atoms with Gasteiger partial charge in [0.15, 0.2) is 6.29 Å². The molecule has 1 aromatic rings. The lowest BCUT2D eigenvalue weighted by molar-refractivity contribution is -0.133. The molecule has 0 aliphatic rings. The van der Waals surface area contributed by atoms with Crippen molar-refractivity contribution in [3.8, 4) is 0 Å². The molecule has 1 rings (SSSR count). The van der Waals surface area contributed by atoms with Crippen LogP contribution in [0.5, 0.6) is 0 Å². The number of rotatable bonds is 8. The van der Waals surface area contributed by atoms with Crippen molar-refractivity contribution in [2.45, 2.75) is 26.7 Å². The van der Waals surface area contributed by atoms with Crippen LogP contribution < -0.4 is 11.1 Å². The minimum Gasteiger partial charge on any atom is -0.398 e. The molecule has 4 nitrogen and oxygen atoms in total. The Kier molecular flexibility index (Phi) is 6.40. The largest absolute Gasteiger partial charge is 0.398 e. The van der Waals surface area contributed by atoms with Crippen LogP contribution in [0.1, 0.15) is 18.7 Å². The summed E-state index contributed by atoms with van der Waals surface area (Å²) in [5.41, 5.74) is 6.63. The molecule has 0 saturated carbocycles. The van der Waals surface area contributed by atoms with Crippen LogP contribution in [0.25, 0.3) is 0 Å². The fraction of sp³-hybridized carbons (Fsp3) is 0.636. The number of nitrogen functional groups attached to an aromatic ring is 1. The second-order valence-electron chi connectivity index (χ2n) is 3.27. The molecule has 0 atom stereocenters. The molecule has 0 unspecified atom stereocenters. The first-order valence-corrected chi connectivity index (χ1v) is 6.41. The number of anilines is 1. The quantitative estimate of drug-likeness (QED) is 0.685. The molecular formula is C11H20N2O2S. The van der Waals surface area contributed by atoms with Crippen molar-refractivity contribution in [3.05, 3.63) is 16.3 Å². The maximum Gasteiger partial charge on any atom is 0.169 e. The predicted molar refractivity (Wildman–Crippen MR) is 67.5 cm³/mol. The monoisotopic (exact) mass is 244 g/mol. The Morgan fingerprint density at radius 3 is 2.56 bits per heavy atom. The number of hydrogen-bond acceptors (Lipinski definition) is 5. The third-order valence-electron chi connectivity index (χ3n) is 2.08. The summed E-state index contributed by atoms with van der Waals surface area (Å²) in [6, 6.07) is 1.92. The van der Waals surface area contributed by atoms with Crippen LogP contribution in [0.2, 0.25) is 0 Å².